The number of carbonyl (C=O) groups is 1. The molecule has 0 bridgehead atoms. The summed E-state index contributed by atoms with van der Waals surface area (Å²) in [6.45, 7) is 0.822. The van der Waals surface area contributed by atoms with Gasteiger partial charge in [0.15, 0.2) is 11.6 Å². The van der Waals surface area contributed by atoms with E-state index in [1.807, 2.05) is 31.3 Å². The Balaban J connectivity index is 1.19. The first-order valence-electron chi connectivity index (χ1n) is 11.6. The molecule has 1 aliphatic rings. The lowest BCUT2D eigenvalue weighted by Crippen LogP contribution is -2.27. The average molecular weight is 477 g/mol. The van der Waals surface area contributed by atoms with E-state index in [0.717, 1.165) is 47.1 Å². The summed E-state index contributed by atoms with van der Waals surface area (Å²) in [5.74, 6) is 1.59. The average Bonchev–Trinajstić information content (AvgIpc) is 3.59. The third kappa shape index (κ3) is 5.09. The van der Waals surface area contributed by atoms with Crippen LogP contribution < -0.4 is 10.6 Å². The molecule has 182 valence electrons. The number of rotatable bonds is 8. The van der Waals surface area contributed by atoms with E-state index in [-0.39, 0.29) is 12.0 Å². The van der Waals surface area contributed by atoms with Crippen LogP contribution in [0.3, 0.4) is 0 Å². The van der Waals surface area contributed by atoms with Gasteiger partial charge in [0.1, 0.15) is 11.6 Å². The summed E-state index contributed by atoms with van der Waals surface area (Å²) in [5.41, 5.74) is 3.68. The number of nitrogens with one attached hydrogen (secondary N) is 3. The van der Waals surface area contributed by atoms with Crippen LogP contribution in [0.15, 0.2) is 42.9 Å². The normalized spacial score (nSPS) is 17.5. The van der Waals surface area contributed by atoms with Crippen molar-refractivity contribution in [1.82, 2.24) is 35.3 Å². The van der Waals surface area contributed by atoms with Crippen LogP contribution >= 0.6 is 0 Å². The van der Waals surface area contributed by atoms with E-state index in [4.69, 9.17) is 9.47 Å². The Morgan fingerprint density at radius 1 is 1.29 bits per heavy atom. The number of aromatic nitrogens is 6. The molecule has 0 aliphatic heterocycles. The van der Waals surface area contributed by atoms with Gasteiger partial charge in [0.25, 0.3) is 0 Å². The SMILES string of the molecule is COCc1nn(C)c2c(Nc3cc([C@H]4CC[C@@H](OC(=O)NCc5cccnc5)C4)[nH]n3)nccc12. The molecule has 11 nitrogen and oxygen atoms in total. The second-order valence-electron chi connectivity index (χ2n) is 8.64. The molecule has 0 radical (unpaired) electrons. The Morgan fingerprint density at radius 3 is 3.03 bits per heavy atom. The van der Waals surface area contributed by atoms with Gasteiger partial charge in [0, 0.05) is 62.4 Å². The number of carbonyl (C=O) groups excluding carboxylic acids is 1. The molecular formula is C24H28N8O3. The molecule has 1 amide bonds. The maximum Gasteiger partial charge on any atom is 0.407 e. The van der Waals surface area contributed by atoms with E-state index in [9.17, 15) is 4.79 Å². The molecule has 4 heterocycles. The number of alkyl carbamates (subject to hydrolysis) is 1. The number of amides is 1. The van der Waals surface area contributed by atoms with Gasteiger partial charge < -0.3 is 20.1 Å². The van der Waals surface area contributed by atoms with Crippen LogP contribution in [-0.2, 0) is 29.7 Å². The van der Waals surface area contributed by atoms with Gasteiger partial charge in [-0.1, -0.05) is 6.07 Å². The van der Waals surface area contributed by atoms with Crippen molar-refractivity contribution in [3.8, 4) is 0 Å². The maximum absolute atomic E-state index is 12.2. The van der Waals surface area contributed by atoms with Gasteiger partial charge in [0.05, 0.1) is 12.3 Å². The number of aryl methyl sites for hydroxylation is 1. The molecule has 0 spiro atoms. The minimum atomic E-state index is -0.408. The molecule has 11 heteroatoms. The van der Waals surface area contributed by atoms with Crippen molar-refractivity contribution in [2.45, 2.75) is 44.4 Å². The number of pyridine rings is 2. The Labute approximate surface area is 202 Å². The molecule has 0 saturated heterocycles. The second-order valence-corrected chi connectivity index (χ2v) is 8.64. The fraction of sp³-hybridized carbons (Fsp3) is 0.375. The number of nitrogens with zero attached hydrogens (tertiary/aromatic N) is 5. The van der Waals surface area contributed by atoms with E-state index in [2.05, 4.69) is 35.9 Å². The quantitative estimate of drug-likeness (QED) is 0.352. The predicted octanol–water partition coefficient (Wildman–Crippen LogP) is 3.54. The third-order valence-electron chi connectivity index (χ3n) is 6.21. The lowest BCUT2D eigenvalue weighted by Gasteiger charge is -2.13. The number of fused-ring (bicyclic) bond motifs is 1. The third-order valence-corrected chi connectivity index (χ3v) is 6.21. The molecule has 1 aliphatic carbocycles. The van der Waals surface area contributed by atoms with E-state index >= 15 is 0 Å². The highest BCUT2D eigenvalue weighted by Crippen LogP contribution is 2.36. The molecule has 0 unspecified atom stereocenters. The van der Waals surface area contributed by atoms with Crippen LogP contribution in [0.4, 0.5) is 16.4 Å². The number of H-pyrrole nitrogens is 1. The minimum absolute atomic E-state index is 0.127. The standard InChI is InChI=1S/C24H28N8O3/c1-32-22-18(20(31-32)14-34-2)7-9-26-23(22)28-21-11-19(29-30-21)16-5-6-17(10-16)35-24(33)27-13-15-4-3-8-25-12-15/h3-4,7-9,11-12,16-17H,5-6,10,13-14H2,1-2H3,(H,27,33)(H2,26,28,29,30)/t16-,17+/m0/s1. The van der Waals surface area contributed by atoms with Gasteiger partial charge in [-0.05, 0) is 37.0 Å². The summed E-state index contributed by atoms with van der Waals surface area (Å²) in [7, 11) is 3.54. The van der Waals surface area contributed by atoms with Crippen molar-refractivity contribution in [2.75, 3.05) is 12.4 Å². The Morgan fingerprint density at radius 2 is 2.20 bits per heavy atom. The van der Waals surface area contributed by atoms with Crippen molar-refractivity contribution >= 4 is 28.6 Å². The van der Waals surface area contributed by atoms with Crippen LogP contribution in [0, 0.1) is 0 Å². The Hall–Kier alpha value is -3.99. The van der Waals surface area contributed by atoms with Crippen LogP contribution in [0.1, 0.15) is 42.1 Å². The molecule has 4 aromatic heterocycles. The first-order valence-corrected chi connectivity index (χ1v) is 11.6. The number of ether oxygens (including phenoxy) is 2. The Bertz CT molecular complexity index is 1300. The summed E-state index contributed by atoms with van der Waals surface area (Å²) in [4.78, 5) is 20.7. The lowest BCUT2D eigenvalue weighted by molar-refractivity contribution is 0.0996. The largest absolute Gasteiger partial charge is 0.446 e. The number of hydrogen-bond acceptors (Lipinski definition) is 8. The number of methoxy groups -OCH3 is 1. The second kappa shape index (κ2) is 10.1. The topological polar surface area (TPSA) is 132 Å². The van der Waals surface area contributed by atoms with Gasteiger partial charge in [-0.2, -0.15) is 10.2 Å². The minimum Gasteiger partial charge on any atom is -0.446 e. The smallest absolute Gasteiger partial charge is 0.407 e. The van der Waals surface area contributed by atoms with Gasteiger partial charge >= 0.3 is 6.09 Å². The first-order chi connectivity index (χ1) is 17.1. The first kappa shape index (κ1) is 22.8. The van der Waals surface area contributed by atoms with Crippen molar-refractivity contribution in [1.29, 1.82) is 0 Å². The number of anilines is 2. The highest BCUT2D eigenvalue weighted by molar-refractivity contribution is 5.91. The maximum atomic E-state index is 12.2. The van der Waals surface area contributed by atoms with Crippen molar-refractivity contribution in [2.24, 2.45) is 7.05 Å². The predicted molar refractivity (Wildman–Crippen MR) is 129 cm³/mol. The summed E-state index contributed by atoms with van der Waals surface area (Å²) in [5, 5.41) is 19.2. The van der Waals surface area contributed by atoms with E-state index in [1.54, 1.807) is 30.4 Å². The molecular weight excluding hydrogens is 448 g/mol. The number of aromatic amines is 1. The van der Waals surface area contributed by atoms with Crippen LogP contribution in [0.25, 0.3) is 10.9 Å². The summed E-state index contributed by atoms with van der Waals surface area (Å²) < 4.78 is 12.7. The monoisotopic (exact) mass is 476 g/mol. The molecule has 1 fully saturated rings. The Kier molecular flexibility index (Phi) is 6.57. The fourth-order valence-electron chi connectivity index (χ4n) is 4.56. The van der Waals surface area contributed by atoms with Crippen LogP contribution in [0.2, 0.25) is 0 Å². The highest BCUT2D eigenvalue weighted by Gasteiger charge is 2.30. The zero-order chi connectivity index (χ0) is 24.2. The molecule has 5 rings (SSSR count). The van der Waals surface area contributed by atoms with Crippen molar-refractivity contribution in [3.05, 3.63) is 59.8 Å². The summed E-state index contributed by atoms with van der Waals surface area (Å²) in [6.07, 6.45) is 7.11. The summed E-state index contributed by atoms with van der Waals surface area (Å²) >= 11 is 0. The van der Waals surface area contributed by atoms with E-state index in [0.29, 0.717) is 24.8 Å². The zero-order valence-electron chi connectivity index (χ0n) is 19.7. The van der Waals surface area contributed by atoms with Gasteiger partial charge in [-0.3, -0.25) is 14.8 Å². The van der Waals surface area contributed by atoms with Crippen molar-refractivity contribution in [3.63, 3.8) is 0 Å². The molecule has 2 atom stereocenters. The van der Waals surface area contributed by atoms with E-state index < -0.39 is 6.09 Å². The highest BCUT2D eigenvalue weighted by atomic mass is 16.6. The van der Waals surface area contributed by atoms with E-state index in [1.165, 1.54) is 0 Å². The van der Waals surface area contributed by atoms with Gasteiger partial charge in [0.2, 0.25) is 0 Å². The van der Waals surface area contributed by atoms with Crippen LogP contribution in [0.5, 0.6) is 0 Å². The molecule has 35 heavy (non-hydrogen) atoms. The molecule has 0 aromatic carbocycles. The fourth-order valence-corrected chi connectivity index (χ4v) is 4.56. The molecule has 4 aromatic rings. The lowest BCUT2D eigenvalue weighted by atomic mass is 10.0. The van der Waals surface area contributed by atoms with Crippen LogP contribution in [-0.4, -0.2) is 49.3 Å². The zero-order valence-corrected chi connectivity index (χ0v) is 19.7. The molecule has 1 saturated carbocycles. The van der Waals surface area contributed by atoms with Gasteiger partial charge in [-0.15, -0.1) is 0 Å². The van der Waals surface area contributed by atoms with Gasteiger partial charge in [-0.25, -0.2) is 9.78 Å². The van der Waals surface area contributed by atoms with Crippen molar-refractivity contribution < 1.29 is 14.3 Å². The number of hydrogen-bond donors (Lipinski definition) is 3. The molecule has 3 N–H and O–H groups in total. The summed E-state index contributed by atoms with van der Waals surface area (Å²) in [6, 6.07) is 7.67.